The highest BCUT2D eigenvalue weighted by Crippen LogP contribution is 2.31. The van der Waals surface area contributed by atoms with Crippen molar-refractivity contribution in [3.63, 3.8) is 0 Å². The van der Waals surface area contributed by atoms with Crippen LogP contribution in [0.15, 0.2) is 60.7 Å². The molecule has 0 bridgehead atoms. The van der Waals surface area contributed by atoms with Crippen LogP contribution in [0.1, 0.15) is 33.6 Å². The molecule has 10 heteroatoms. The highest BCUT2D eigenvalue weighted by molar-refractivity contribution is 6.37. The zero-order chi connectivity index (χ0) is 28.1. The van der Waals surface area contributed by atoms with E-state index in [-0.39, 0.29) is 22.9 Å². The fourth-order valence-corrected chi connectivity index (χ4v) is 5.62. The Balaban J connectivity index is 1.35. The lowest BCUT2D eigenvalue weighted by Crippen LogP contribution is -2.47. The van der Waals surface area contributed by atoms with E-state index in [2.05, 4.69) is 26.5 Å². The zero-order valence-electron chi connectivity index (χ0n) is 22.3. The Bertz CT molecular complexity index is 1370. The first kappa shape index (κ1) is 28.1. The minimum absolute atomic E-state index is 0.0201. The minimum Gasteiger partial charge on any atom is -0.495 e. The topological polar surface area (TPSA) is 83.1 Å². The van der Waals surface area contributed by atoms with Gasteiger partial charge in [0.2, 0.25) is 0 Å². The van der Waals surface area contributed by atoms with Gasteiger partial charge in [0, 0.05) is 55.7 Å². The molecule has 2 aliphatic heterocycles. The molecular weight excluding hydrogens is 551 g/mol. The number of carbonyl (C=O) groups excluding carboxylic acids is 2. The lowest BCUT2D eigenvalue weighted by Gasteiger charge is -2.38. The van der Waals surface area contributed by atoms with Crippen LogP contribution in [-0.4, -0.2) is 64.4 Å². The quantitative estimate of drug-likeness (QED) is 0.365. The maximum atomic E-state index is 13.5. The number of halogens is 2. The summed E-state index contributed by atoms with van der Waals surface area (Å²) in [5.41, 5.74) is 3.15. The Morgan fingerprint density at radius 3 is 2.38 bits per heavy atom. The van der Waals surface area contributed by atoms with E-state index in [1.165, 1.54) is 6.07 Å². The molecule has 0 aliphatic carbocycles. The molecule has 0 spiro atoms. The second-order valence-corrected chi connectivity index (χ2v) is 10.6. The van der Waals surface area contributed by atoms with Gasteiger partial charge in [-0.05, 0) is 61.4 Å². The van der Waals surface area contributed by atoms with Gasteiger partial charge < -0.3 is 29.9 Å². The molecule has 2 heterocycles. The number of amides is 2. The molecule has 210 valence electrons. The van der Waals surface area contributed by atoms with Crippen LogP contribution < -0.4 is 25.2 Å². The van der Waals surface area contributed by atoms with Crippen molar-refractivity contribution < 1.29 is 19.1 Å². The van der Waals surface area contributed by atoms with Gasteiger partial charge in [-0.3, -0.25) is 9.59 Å². The highest BCUT2D eigenvalue weighted by Gasteiger charge is 2.25. The number of hydrogen-bond donors (Lipinski definition) is 2. The number of nitrogens with zero attached hydrogens (tertiary/aromatic N) is 2. The van der Waals surface area contributed by atoms with Crippen molar-refractivity contribution in [3.05, 3.63) is 81.8 Å². The van der Waals surface area contributed by atoms with E-state index in [9.17, 15) is 9.59 Å². The molecule has 1 atom stereocenters. The summed E-state index contributed by atoms with van der Waals surface area (Å²) in [5, 5.41) is 6.60. The summed E-state index contributed by atoms with van der Waals surface area (Å²) in [7, 11) is 1.68. The Hall–Kier alpha value is -3.46. The number of rotatable bonds is 8. The molecule has 1 unspecified atom stereocenters. The van der Waals surface area contributed by atoms with Crippen LogP contribution in [0.4, 0.5) is 17.1 Å². The van der Waals surface area contributed by atoms with E-state index < -0.39 is 0 Å². The van der Waals surface area contributed by atoms with Crippen LogP contribution >= 0.6 is 23.2 Å². The number of nitrogens with one attached hydrogen (secondary N) is 2. The fourth-order valence-electron chi connectivity index (χ4n) is 5.13. The third kappa shape index (κ3) is 6.46. The second-order valence-electron chi connectivity index (χ2n) is 9.80. The maximum absolute atomic E-state index is 13.5. The third-order valence-electron chi connectivity index (χ3n) is 7.24. The molecule has 0 radical (unpaired) electrons. The Labute approximate surface area is 244 Å². The average molecular weight is 584 g/mol. The van der Waals surface area contributed by atoms with E-state index in [0.717, 1.165) is 62.8 Å². The summed E-state index contributed by atoms with van der Waals surface area (Å²) in [6.07, 6.45) is 1.94. The normalized spacial score (nSPS) is 17.0. The van der Waals surface area contributed by atoms with E-state index in [1.807, 2.05) is 24.3 Å². The summed E-state index contributed by atoms with van der Waals surface area (Å²) < 4.78 is 11.2. The summed E-state index contributed by atoms with van der Waals surface area (Å²) in [6, 6.07) is 18.1. The van der Waals surface area contributed by atoms with Crippen molar-refractivity contribution in [2.45, 2.75) is 18.9 Å². The van der Waals surface area contributed by atoms with Gasteiger partial charge in [0.05, 0.1) is 35.1 Å². The van der Waals surface area contributed by atoms with Gasteiger partial charge in [0.25, 0.3) is 11.8 Å². The Morgan fingerprint density at radius 2 is 1.68 bits per heavy atom. The Kier molecular flexibility index (Phi) is 8.99. The van der Waals surface area contributed by atoms with Crippen LogP contribution in [0.5, 0.6) is 5.75 Å². The summed E-state index contributed by atoms with van der Waals surface area (Å²) in [5.74, 6) is 0.245. The fraction of sp³-hybridized carbons (Fsp3) is 0.333. The molecule has 2 amide bonds. The highest BCUT2D eigenvalue weighted by atomic mass is 35.5. The predicted molar refractivity (Wildman–Crippen MR) is 160 cm³/mol. The standard InChI is InChI=1S/C30H32Cl2N4O4/c1-39-28-7-3-2-6-27(28)36-14-12-35(13-15-36)26-11-9-21(34-30(38)23-10-8-20(31)17-25(23)32)18-24(26)29(37)33-19-22-5-4-16-40-22/h2-3,6-11,17-18,22H,4-5,12-16,19H2,1H3,(H,33,37)(H,34,38). The molecule has 2 saturated heterocycles. The van der Waals surface area contributed by atoms with Crippen molar-refractivity contribution in [1.82, 2.24) is 5.32 Å². The summed E-state index contributed by atoms with van der Waals surface area (Å²) in [6.45, 7) is 4.13. The van der Waals surface area contributed by atoms with Gasteiger partial charge in [0.15, 0.2) is 0 Å². The smallest absolute Gasteiger partial charge is 0.257 e. The minimum atomic E-state index is -0.384. The molecular formula is C30H32Cl2N4O4. The van der Waals surface area contributed by atoms with Gasteiger partial charge in [-0.2, -0.15) is 0 Å². The molecule has 8 nitrogen and oxygen atoms in total. The number of piperazine rings is 1. The first-order valence-electron chi connectivity index (χ1n) is 13.4. The van der Waals surface area contributed by atoms with Crippen LogP contribution in [0.3, 0.4) is 0 Å². The molecule has 0 saturated carbocycles. The lowest BCUT2D eigenvalue weighted by atomic mass is 10.1. The monoisotopic (exact) mass is 582 g/mol. The molecule has 2 fully saturated rings. The molecule has 5 rings (SSSR count). The van der Waals surface area contributed by atoms with Gasteiger partial charge in [-0.25, -0.2) is 0 Å². The number of carbonyl (C=O) groups is 2. The zero-order valence-corrected chi connectivity index (χ0v) is 23.8. The number of hydrogen-bond acceptors (Lipinski definition) is 6. The summed E-state index contributed by atoms with van der Waals surface area (Å²) >= 11 is 12.2. The second kappa shape index (κ2) is 12.8. The predicted octanol–water partition coefficient (Wildman–Crippen LogP) is 5.49. The molecule has 0 aromatic heterocycles. The number of ether oxygens (including phenoxy) is 2. The van der Waals surface area contributed by atoms with Gasteiger partial charge in [0.1, 0.15) is 5.75 Å². The van der Waals surface area contributed by atoms with E-state index in [0.29, 0.717) is 28.4 Å². The van der Waals surface area contributed by atoms with Gasteiger partial charge in [-0.15, -0.1) is 0 Å². The molecule has 3 aromatic carbocycles. The van der Waals surface area contributed by atoms with Crippen molar-refractivity contribution in [1.29, 1.82) is 0 Å². The molecule has 3 aromatic rings. The first-order chi connectivity index (χ1) is 19.4. The van der Waals surface area contributed by atoms with E-state index >= 15 is 0 Å². The SMILES string of the molecule is COc1ccccc1N1CCN(c2ccc(NC(=O)c3ccc(Cl)cc3Cl)cc2C(=O)NCC2CCCO2)CC1. The maximum Gasteiger partial charge on any atom is 0.257 e. The third-order valence-corrected chi connectivity index (χ3v) is 7.78. The van der Waals surface area contributed by atoms with Crippen molar-refractivity contribution in [2.24, 2.45) is 0 Å². The first-order valence-corrected chi connectivity index (χ1v) is 14.1. The number of anilines is 3. The molecule has 40 heavy (non-hydrogen) atoms. The van der Waals surface area contributed by atoms with E-state index in [4.69, 9.17) is 32.7 Å². The van der Waals surface area contributed by atoms with Crippen molar-refractivity contribution in [3.8, 4) is 5.75 Å². The Morgan fingerprint density at radius 1 is 0.925 bits per heavy atom. The van der Waals surface area contributed by atoms with Crippen molar-refractivity contribution in [2.75, 3.05) is 61.6 Å². The lowest BCUT2D eigenvalue weighted by molar-refractivity contribution is 0.0858. The van der Waals surface area contributed by atoms with Crippen molar-refractivity contribution >= 4 is 52.1 Å². The number of methoxy groups -OCH3 is 1. The number of para-hydroxylation sites is 2. The van der Waals surface area contributed by atoms with E-state index in [1.54, 1.807) is 31.4 Å². The number of benzene rings is 3. The molecule has 2 aliphatic rings. The van der Waals surface area contributed by atoms with Crippen LogP contribution in [0, 0.1) is 0 Å². The van der Waals surface area contributed by atoms with Crippen LogP contribution in [-0.2, 0) is 4.74 Å². The average Bonchev–Trinajstić information content (AvgIpc) is 3.50. The van der Waals surface area contributed by atoms with Gasteiger partial charge in [-0.1, -0.05) is 35.3 Å². The van der Waals surface area contributed by atoms with Crippen LogP contribution in [0.2, 0.25) is 10.0 Å². The van der Waals surface area contributed by atoms with Gasteiger partial charge >= 0.3 is 0 Å². The largest absolute Gasteiger partial charge is 0.495 e. The summed E-state index contributed by atoms with van der Waals surface area (Å²) in [4.78, 5) is 30.9. The van der Waals surface area contributed by atoms with Crippen LogP contribution in [0.25, 0.3) is 0 Å². The molecule has 2 N–H and O–H groups in total.